The number of hydrogen-bond donors (Lipinski definition) is 1. The largest absolute Gasteiger partial charge is 0.351 e. The van der Waals surface area contributed by atoms with E-state index in [0.29, 0.717) is 13.1 Å². The summed E-state index contributed by atoms with van der Waals surface area (Å²) in [6, 6.07) is 3.83. The SMILES string of the molecule is Cn1cc(C2=CCN(CC(=O)NCc3cccnc3)CC2)cn1. The van der Waals surface area contributed by atoms with Gasteiger partial charge >= 0.3 is 0 Å². The van der Waals surface area contributed by atoms with E-state index >= 15 is 0 Å². The Morgan fingerprint density at radius 3 is 2.96 bits per heavy atom. The number of carbonyl (C=O) groups is 1. The molecular formula is C17H21N5O. The van der Waals surface area contributed by atoms with Crippen LogP contribution in [0.4, 0.5) is 0 Å². The molecule has 1 aliphatic heterocycles. The maximum atomic E-state index is 12.0. The van der Waals surface area contributed by atoms with Crippen LogP contribution in [0.1, 0.15) is 17.5 Å². The highest BCUT2D eigenvalue weighted by Crippen LogP contribution is 2.21. The molecule has 0 aromatic carbocycles. The van der Waals surface area contributed by atoms with Crippen molar-refractivity contribution >= 4 is 11.5 Å². The second-order valence-corrected chi connectivity index (χ2v) is 5.76. The van der Waals surface area contributed by atoms with Crippen molar-refractivity contribution in [1.29, 1.82) is 0 Å². The molecule has 0 radical (unpaired) electrons. The van der Waals surface area contributed by atoms with E-state index in [2.05, 4.69) is 26.4 Å². The fourth-order valence-corrected chi connectivity index (χ4v) is 2.67. The summed E-state index contributed by atoms with van der Waals surface area (Å²) in [7, 11) is 1.92. The molecule has 6 heteroatoms. The normalized spacial score (nSPS) is 15.3. The third kappa shape index (κ3) is 4.26. The van der Waals surface area contributed by atoms with Gasteiger partial charge in [0.05, 0.1) is 12.7 Å². The molecule has 1 aliphatic rings. The molecule has 1 N–H and O–H groups in total. The Morgan fingerprint density at radius 2 is 2.30 bits per heavy atom. The van der Waals surface area contributed by atoms with Gasteiger partial charge in [0.15, 0.2) is 0 Å². The zero-order valence-electron chi connectivity index (χ0n) is 13.3. The summed E-state index contributed by atoms with van der Waals surface area (Å²) in [5.41, 5.74) is 3.50. The predicted octanol–water partition coefficient (Wildman–Crippen LogP) is 1.22. The van der Waals surface area contributed by atoms with Gasteiger partial charge in [-0.25, -0.2) is 0 Å². The van der Waals surface area contributed by atoms with E-state index in [1.807, 2.05) is 36.3 Å². The van der Waals surface area contributed by atoms with Crippen molar-refractivity contribution in [2.45, 2.75) is 13.0 Å². The van der Waals surface area contributed by atoms with Crippen LogP contribution in [0, 0.1) is 0 Å². The number of aryl methyl sites for hydroxylation is 1. The van der Waals surface area contributed by atoms with Crippen LogP contribution >= 0.6 is 0 Å². The minimum atomic E-state index is 0.0482. The molecule has 0 saturated carbocycles. The van der Waals surface area contributed by atoms with Crippen LogP contribution in [0.15, 0.2) is 43.0 Å². The summed E-state index contributed by atoms with van der Waals surface area (Å²) < 4.78 is 1.81. The second kappa shape index (κ2) is 7.19. The second-order valence-electron chi connectivity index (χ2n) is 5.76. The monoisotopic (exact) mass is 311 g/mol. The third-order valence-corrected chi connectivity index (χ3v) is 3.95. The molecule has 0 spiro atoms. The van der Waals surface area contributed by atoms with Crippen LogP contribution in [0.2, 0.25) is 0 Å². The zero-order chi connectivity index (χ0) is 16.1. The zero-order valence-corrected chi connectivity index (χ0v) is 13.3. The Labute approximate surface area is 135 Å². The van der Waals surface area contributed by atoms with E-state index < -0.39 is 0 Å². The van der Waals surface area contributed by atoms with Gasteiger partial charge in [-0.2, -0.15) is 5.10 Å². The summed E-state index contributed by atoms with van der Waals surface area (Å²) in [5, 5.41) is 7.14. The number of hydrogen-bond acceptors (Lipinski definition) is 4. The highest BCUT2D eigenvalue weighted by Gasteiger charge is 2.16. The van der Waals surface area contributed by atoms with E-state index in [1.165, 1.54) is 11.1 Å². The van der Waals surface area contributed by atoms with Gasteiger partial charge in [-0.15, -0.1) is 0 Å². The lowest BCUT2D eigenvalue weighted by atomic mass is 10.0. The Bertz CT molecular complexity index is 692. The summed E-state index contributed by atoms with van der Waals surface area (Å²) >= 11 is 0. The number of rotatable bonds is 5. The van der Waals surface area contributed by atoms with Crippen molar-refractivity contribution in [2.24, 2.45) is 7.05 Å². The Hall–Kier alpha value is -2.47. The van der Waals surface area contributed by atoms with Crippen molar-refractivity contribution in [2.75, 3.05) is 19.6 Å². The lowest BCUT2D eigenvalue weighted by molar-refractivity contribution is -0.122. The van der Waals surface area contributed by atoms with Gasteiger partial charge < -0.3 is 5.32 Å². The number of nitrogens with zero attached hydrogens (tertiary/aromatic N) is 4. The molecule has 0 atom stereocenters. The Morgan fingerprint density at radius 1 is 1.39 bits per heavy atom. The minimum absolute atomic E-state index is 0.0482. The molecule has 120 valence electrons. The van der Waals surface area contributed by atoms with Crippen molar-refractivity contribution in [3.63, 3.8) is 0 Å². The van der Waals surface area contributed by atoms with Crippen molar-refractivity contribution in [1.82, 2.24) is 25.0 Å². The van der Waals surface area contributed by atoms with E-state index in [1.54, 1.807) is 12.4 Å². The molecule has 3 heterocycles. The van der Waals surface area contributed by atoms with Crippen molar-refractivity contribution < 1.29 is 4.79 Å². The molecule has 23 heavy (non-hydrogen) atoms. The molecule has 2 aromatic rings. The first-order valence-electron chi connectivity index (χ1n) is 7.77. The van der Waals surface area contributed by atoms with Gasteiger partial charge in [0.2, 0.25) is 5.91 Å². The van der Waals surface area contributed by atoms with Crippen molar-refractivity contribution in [3.8, 4) is 0 Å². The third-order valence-electron chi connectivity index (χ3n) is 3.95. The van der Waals surface area contributed by atoms with Crippen LogP contribution < -0.4 is 5.32 Å². The molecule has 6 nitrogen and oxygen atoms in total. The lowest BCUT2D eigenvalue weighted by Gasteiger charge is -2.25. The molecule has 0 fully saturated rings. The van der Waals surface area contributed by atoms with Gasteiger partial charge in [0.25, 0.3) is 0 Å². The van der Waals surface area contributed by atoms with E-state index in [0.717, 1.165) is 25.1 Å². The predicted molar refractivity (Wildman–Crippen MR) is 88.3 cm³/mol. The average Bonchev–Trinajstić information content (AvgIpc) is 3.01. The number of carbonyl (C=O) groups excluding carboxylic acids is 1. The maximum absolute atomic E-state index is 12.0. The van der Waals surface area contributed by atoms with Crippen LogP contribution in [-0.2, 0) is 18.4 Å². The summed E-state index contributed by atoms with van der Waals surface area (Å²) in [5.74, 6) is 0.0482. The molecule has 0 unspecified atom stereocenters. The topological polar surface area (TPSA) is 63.1 Å². The van der Waals surface area contributed by atoms with Crippen LogP contribution in [-0.4, -0.2) is 45.2 Å². The van der Waals surface area contributed by atoms with Crippen LogP contribution in [0.5, 0.6) is 0 Å². The Kier molecular flexibility index (Phi) is 4.83. The number of aromatic nitrogens is 3. The molecule has 0 saturated heterocycles. The van der Waals surface area contributed by atoms with Crippen molar-refractivity contribution in [3.05, 3.63) is 54.1 Å². The Balaban J connectivity index is 1.46. The molecule has 3 rings (SSSR count). The quantitative estimate of drug-likeness (QED) is 0.902. The van der Waals surface area contributed by atoms with Gasteiger partial charge in [-0.05, 0) is 23.6 Å². The van der Waals surface area contributed by atoms with E-state index in [9.17, 15) is 4.79 Å². The highest BCUT2D eigenvalue weighted by atomic mass is 16.2. The van der Waals surface area contributed by atoms with E-state index in [4.69, 9.17) is 0 Å². The first-order chi connectivity index (χ1) is 11.2. The highest BCUT2D eigenvalue weighted by molar-refractivity contribution is 5.78. The number of pyridine rings is 1. The van der Waals surface area contributed by atoms with E-state index in [-0.39, 0.29) is 5.91 Å². The minimum Gasteiger partial charge on any atom is -0.351 e. The van der Waals surface area contributed by atoms with Gasteiger partial charge in [0, 0.05) is 50.8 Å². The lowest BCUT2D eigenvalue weighted by Crippen LogP contribution is -2.39. The fraction of sp³-hybridized carbons (Fsp3) is 0.353. The summed E-state index contributed by atoms with van der Waals surface area (Å²) in [6.45, 7) is 2.64. The molecule has 0 aliphatic carbocycles. The van der Waals surface area contributed by atoms with Gasteiger partial charge in [-0.3, -0.25) is 19.4 Å². The fourth-order valence-electron chi connectivity index (χ4n) is 2.67. The number of nitrogens with one attached hydrogen (secondary N) is 1. The van der Waals surface area contributed by atoms with Crippen LogP contribution in [0.3, 0.4) is 0 Å². The maximum Gasteiger partial charge on any atom is 0.234 e. The van der Waals surface area contributed by atoms with Crippen LogP contribution in [0.25, 0.3) is 5.57 Å². The summed E-state index contributed by atoms with van der Waals surface area (Å²) in [6.07, 6.45) is 10.6. The average molecular weight is 311 g/mol. The first kappa shape index (κ1) is 15.4. The smallest absolute Gasteiger partial charge is 0.234 e. The van der Waals surface area contributed by atoms with Gasteiger partial charge in [-0.1, -0.05) is 12.1 Å². The standard InChI is InChI=1S/C17H21N5O/c1-21-12-16(11-20-21)15-4-7-22(8-5-15)13-17(23)19-10-14-3-2-6-18-9-14/h2-4,6,9,11-12H,5,7-8,10,13H2,1H3,(H,19,23). The summed E-state index contributed by atoms with van der Waals surface area (Å²) in [4.78, 5) is 18.2. The molecule has 0 bridgehead atoms. The molecule has 1 amide bonds. The molecular weight excluding hydrogens is 290 g/mol. The molecule has 2 aromatic heterocycles. The van der Waals surface area contributed by atoms with Gasteiger partial charge in [0.1, 0.15) is 0 Å². The first-order valence-corrected chi connectivity index (χ1v) is 7.77. The number of amides is 1.